The molecule has 1 aliphatic heterocycles. The summed E-state index contributed by atoms with van der Waals surface area (Å²) in [6, 6.07) is 5.75. The molecule has 2 heterocycles. The largest absolute Gasteiger partial charge is 0.493 e. The van der Waals surface area contributed by atoms with Gasteiger partial charge in [0.25, 0.3) is 0 Å². The van der Waals surface area contributed by atoms with Gasteiger partial charge < -0.3 is 10.5 Å². The molecule has 2 N–H and O–H groups in total. The van der Waals surface area contributed by atoms with Gasteiger partial charge in [-0.05, 0) is 35.7 Å². The Kier molecular flexibility index (Phi) is 3.21. The van der Waals surface area contributed by atoms with Crippen LogP contribution in [0, 0.1) is 0 Å². The van der Waals surface area contributed by atoms with E-state index in [1.807, 2.05) is 25.2 Å². The molecule has 0 aliphatic carbocycles. The van der Waals surface area contributed by atoms with Crippen molar-refractivity contribution >= 4 is 11.6 Å². The highest BCUT2D eigenvalue weighted by Gasteiger charge is 2.20. The van der Waals surface area contributed by atoms with Crippen LogP contribution >= 0.6 is 11.6 Å². The molecular formula is C14H16ClN3O. The van der Waals surface area contributed by atoms with Gasteiger partial charge in [-0.2, -0.15) is 5.10 Å². The first kappa shape index (κ1) is 12.5. The van der Waals surface area contributed by atoms with E-state index in [0.717, 1.165) is 35.1 Å². The zero-order chi connectivity index (χ0) is 13.4. The van der Waals surface area contributed by atoms with Gasteiger partial charge in [-0.25, -0.2) is 0 Å². The van der Waals surface area contributed by atoms with E-state index >= 15 is 0 Å². The van der Waals surface area contributed by atoms with Crippen LogP contribution in [0.3, 0.4) is 0 Å². The van der Waals surface area contributed by atoms with E-state index in [4.69, 9.17) is 22.1 Å². The summed E-state index contributed by atoms with van der Waals surface area (Å²) in [6.07, 6.45) is 3.38. The first-order chi connectivity index (χ1) is 9.15. The Hall–Kier alpha value is -1.52. The Bertz CT molecular complexity index is 609. The minimum Gasteiger partial charge on any atom is -0.493 e. The van der Waals surface area contributed by atoms with E-state index in [1.54, 1.807) is 10.9 Å². The van der Waals surface area contributed by atoms with Crippen LogP contribution in [0.5, 0.6) is 5.75 Å². The Balaban J connectivity index is 1.90. The fourth-order valence-electron chi connectivity index (χ4n) is 2.59. The van der Waals surface area contributed by atoms with Crippen LogP contribution in [0.2, 0.25) is 5.02 Å². The smallest absolute Gasteiger partial charge is 0.125 e. The topological polar surface area (TPSA) is 53.1 Å². The van der Waals surface area contributed by atoms with Gasteiger partial charge in [0.15, 0.2) is 0 Å². The van der Waals surface area contributed by atoms with Crippen molar-refractivity contribution in [2.45, 2.75) is 18.9 Å². The number of hydrogen-bond acceptors (Lipinski definition) is 3. The summed E-state index contributed by atoms with van der Waals surface area (Å²) in [6.45, 7) is 0.726. The van der Waals surface area contributed by atoms with Gasteiger partial charge >= 0.3 is 0 Å². The highest BCUT2D eigenvalue weighted by molar-refractivity contribution is 6.30. The van der Waals surface area contributed by atoms with Gasteiger partial charge in [0.1, 0.15) is 5.75 Å². The number of nitrogens with zero attached hydrogens (tertiary/aromatic N) is 2. The second-order valence-electron chi connectivity index (χ2n) is 4.84. The normalized spacial score (nSPS) is 15.1. The maximum Gasteiger partial charge on any atom is 0.125 e. The van der Waals surface area contributed by atoms with Crippen molar-refractivity contribution in [2.75, 3.05) is 6.61 Å². The lowest BCUT2D eigenvalue weighted by Gasteiger charge is -2.15. The van der Waals surface area contributed by atoms with E-state index in [2.05, 4.69) is 5.10 Å². The monoisotopic (exact) mass is 277 g/mol. The molecule has 0 saturated carbocycles. The summed E-state index contributed by atoms with van der Waals surface area (Å²) >= 11 is 6.15. The predicted octanol–water partition coefficient (Wildman–Crippen LogP) is 2.25. The molecule has 5 heteroatoms. The highest BCUT2D eigenvalue weighted by Crippen LogP contribution is 2.34. The second kappa shape index (κ2) is 4.87. The molecule has 0 radical (unpaired) electrons. The van der Waals surface area contributed by atoms with Crippen LogP contribution in [0.15, 0.2) is 24.4 Å². The van der Waals surface area contributed by atoms with E-state index in [1.165, 1.54) is 5.56 Å². The van der Waals surface area contributed by atoms with Gasteiger partial charge in [-0.3, -0.25) is 4.68 Å². The molecular weight excluding hydrogens is 262 g/mol. The van der Waals surface area contributed by atoms with Crippen molar-refractivity contribution in [3.8, 4) is 5.75 Å². The molecule has 0 saturated heterocycles. The standard InChI is InChI=1S/C14H16ClN3O/c1-18-13(2-4-17-18)12(16)8-10-7-11(15)6-9-3-5-19-14(9)10/h2,4,6-7,12H,3,5,8,16H2,1H3. The van der Waals surface area contributed by atoms with Gasteiger partial charge in [0.05, 0.1) is 18.3 Å². The van der Waals surface area contributed by atoms with E-state index in [-0.39, 0.29) is 6.04 Å². The van der Waals surface area contributed by atoms with Gasteiger partial charge in [0.2, 0.25) is 0 Å². The fraction of sp³-hybridized carbons (Fsp3) is 0.357. The van der Waals surface area contributed by atoms with Crippen molar-refractivity contribution in [2.24, 2.45) is 12.8 Å². The van der Waals surface area contributed by atoms with Crippen LogP contribution in [0.1, 0.15) is 22.9 Å². The average Bonchev–Trinajstić information content (AvgIpc) is 2.97. The number of halogens is 1. The third-order valence-corrected chi connectivity index (χ3v) is 3.72. The lowest BCUT2D eigenvalue weighted by Crippen LogP contribution is -2.17. The molecule has 0 fully saturated rings. The molecule has 1 aromatic heterocycles. The van der Waals surface area contributed by atoms with Crippen LogP contribution in [0.25, 0.3) is 0 Å². The predicted molar refractivity (Wildman–Crippen MR) is 74.5 cm³/mol. The first-order valence-corrected chi connectivity index (χ1v) is 6.70. The van der Waals surface area contributed by atoms with E-state index in [0.29, 0.717) is 6.42 Å². The van der Waals surface area contributed by atoms with Crippen LogP contribution in [-0.2, 0) is 19.9 Å². The summed E-state index contributed by atoms with van der Waals surface area (Å²) < 4.78 is 7.50. The van der Waals surface area contributed by atoms with Gasteiger partial charge in [-0.1, -0.05) is 11.6 Å². The minimum absolute atomic E-state index is 0.112. The lowest BCUT2D eigenvalue weighted by atomic mass is 10.0. The second-order valence-corrected chi connectivity index (χ2v) is 5.28. The number of fused-ring (bicyclic) bond motifs is 1. The van der Waals surface area contributed by atoms with Crippen molar-refractivity contribution in [3.05, 3.63) is 46.2 Å². The van der Waals surface area contributed by atoms with Gasteiger partial charge in [0, 0.05) is 24.7 Å². The van der Waals surface area contributed by atoms with Crippen LogP contribution in [-0.4, -0.2) is 16.4 Å². The third kappa shape index (κ3) is 2.33. The molecule has 1 aromatic carbocycles. The number of hydrogen-bond donors (Lipinski definition) is 1. The number of rotatable bonds is 3. The number of ether oxygens (including phenoxy) is 1. The Morgan fingerprint density at radius 2 is 2.37 bits per heavy atom. The number of aromatic nitrogens is 2. The summed E-state index contributed by atoms with van der Waals surface area (Å²) in [5, 5.41) is 4.90. The van der Waals surface area contributed by atoms with E-state index < -0.39 is 0 Å². The molecule has 100 valence electrons. The minimum atomic E-state index is -0.112. The zero-order valence-corrected chi connectivity index (χ0v) is 11.5. The molecule has 19 heavy (non-hydrogen) atoms. The first-order valence-electron chi connectivity index (χ1n) is 6.32. The molecule has 0 amide bonds. The lowest BCUT2D eigenvalue weighted by molar-refractivity contribution is 0.352. The van der Waals surface area contributed by atoms with Gasteiger partial charge in [-0.15, -0.1) is 0 Å². The van der Waals surface area contributed by atoms with Crippen molar-refractivity contribution < 1.29 is 4.74 Å². The summed E-state index contributed by atoms with van der Waals surface area (Å²) in [7, 11) is 1.90. The third-order valence-electron chi connectivity index (χ3n) is 3.50. The van der Waals surface area contributed by atoms with Crippen molar-refractivity contribution in [1.82, 2.24) is 9.78 Å². The SMILES string of the molecule is Cn1nccc1C(N)Cc1cc(Cl)cc2c1OCC2. The molecule has 0 spiro atoms. The molecule has 3 rings (SSSR count). The molecule has 4 nitrogen and oxygen atoms in total. The summed E-state index contributed by atoms with van der Waals surface area (Å²) in [4.78, 5) is 0. The fourth-order valence-corrected chi connectivity index (χ4v) is 2.85. The highest BCUT2D eigenvalue weighted by atomic mass is 35.5. The zero-order valence-electron chi connectivity index (χ0n) is 10.8. The Labute approximate surface area is 117 Å². The summed E-state index contributed by atoms with van der Waals surface area (Å²) in [5.41, 5.74) is 9.52. The number of benzene rings is 1. The maximum absolute atomic E-state index is 6.26. The van der Waals surface area contributed by atoms with E-state index in [9.17, 15) is 0 Å². The number of nitrogens with two attached hydrogens (primary N) is 1. The molecule has 2 aromatic rings. The van der Waals surface area contributed by atoms with Crippen molar-refractivity contribution in [3.63, 3.8) is 0 Å². The quantitative estimate of drug-likeness (QED) is 0.936. The van der Waals surface area contributed by atoms with Crippen LogP contribution < -0.4 is 10.5 Å². The summed E-state index contributed by atoms with van der Waals surface area (Å²) in [5.74, 6) is 0.960. The molecule has 1 unspecified atom stereocenters. The Morgan fingerprint density at radius 1 is 1.53 bits per heavy atom. The molecule has 1 atom stereocenters. The molecule has 0 bridgehead atoms. The van der Waals surface area contributed by atoms with Crippen molar-refractivity contribution in [1.29, 1.82) is 0 Å². The molecule has 1 aliphatic rings. The Morgan fingerprint density at radius 3 is 3.11 bits per heavy atom. The average molecular weight is 278 g/mol. The maximum atomic E-state index is 6.26. The number of aryl methyl sites for hydroxylation is 1. The van der Waals surface area contributed by atoms with Crippen LogP contribution in [0.4, 0.5) is 0 Å².